The average molecular weight is 277 g/mol. The molecule has 1 atom stereocenters. The highest BCUT2D eigenvalue weighted by Crippen LogP contribution is 2.23. The standard InChI is InChI=1S/C15H19NO4/c1-2-20-15(19)11-6-5-9-16(10-11)14(18)12-7-3-4-8-13(12)17/h3-4,7-8,11,17H,2,5-6,9-10H2,1H3/t11-/m1/s1. The van der Waals surface area contributed by atoms with E-state index in [0.29, 0.717) is 19.7 Å². The van der Waals surface area contributed by atoms with E-state index in [1.807, 2.05) is 0 Å². The molecular formula is C15H19NO4. The third-order valence-corrected chi connectivity index (χ3v) is 3.46. The van der Waals surface area contributed by atoms with E-state index in [9.17, 15) is 14.7 Å². The van der Waals surface area contributed by atoms with E-state index < -0.39 is 0 Å². The van der Waals surface area contributed by atoms with Crippen LogP contribution in [-0.4, -0.2) is 41.6 Å². The Morgan fingerprint density at radius 2 is 2.15 bits per heavy atom. The van der Waals surface area contributed by atoms with Crippen LogP contribution in [0.15, 0.2) is 24.3 Å². The van der Waals surface area contributed by atoms with Crippen LogP contribution in [-0.2, 0) is 9.53 Å². The van der Waals surface area contributed by atoms with E-state index in [1.165, 1.54) is 6.07 Å². The van der Waals surface area contributed by atoms with Gasteiger partial charge < -0.3 is 14.7 Å². The van der Waals surface area contributed by atoms with E-state index in [1.54, 1.807) is 30.0 Å². The Balaban J connectivity index is 2.07. The van der Waals surface area contributed by atoms with E-state index in [0.717, 1.165) is 12.8 Å². The molecule has 0 spiro atoms. The van der Waals surface area contributed by atoms with Crippen molar-refractivity contribution < 1.29 is 19.4 Å². The molecule has 0 bridgehead atoms. The first kappa shape index (κ1) is 14.4. The number of aromatic hydroxyl groups is 1. The van der Waals surface area contributed by atoms with Crippen LogP contribution in [0.5, 0.6) is 5.75 Å². The van der Waals surface area contributed by atoms with E-state index >= 15 is 0 Å². The van der Waals surface area contributed by atoms with E-state index in [-0.39, 0.29) is 29.1 Å². The van der Waals surface area contributed by atoms with Crippen molar-refractivity contribution >= 4 is 11.9 Å². The normalized spacial score (nSPS) is 18.6. The van der Waals surface area contributed by atoms with Crippen molar-refractivity contribution in [1.29, 1.82) is 0 Å². The first-order valence-corrected chi connectivity index (χ1v) is 6.87. The quantitative estimate of drug-likeness (QED) is 0.856. The summed E-state index contributed by atoms with van der Waals surface area (Å²) in [5, 5.41) is 9.73. The molecule has 0 unspecified atom stereocenters. The molecule has 1 heterocycles. The maximum Gasteiger partial charge on any atom is 0.310 e. The molecule has 5 heteroatoms. The van der Waals surface area contributed by atoms with Gasteiger partial charge in [-0.15, -0.1) is 0 Å². The fourth-order valence-electron chi connectivity index (χ4n) is 2.44. The predicted molar refractivity (Wildman–Crippen MR) is 73.4 cm³/mol. The molecule has 1 amide bonds. The summed E-state index contributed by atoms with van der Waals surface area (Å²) in [6.45, 7) is 3.07. The zero-order valence-electron chi connectivity index (χ0n) is 11.5. The number of benzene rings is 1. The van der Waals surface area contributed by atoms with Crippen molar-refractivity contribution in [2.75, 3.05) is 19.7 Å². The smallest absolute Gasteiger partial charge is 0.310 e. The minimum atomic E-state index is -0.265. The largest absolute Gasteiger partial charge is 0.507 e. The first-order valence-electron chi connectivity index (χ1n) is 6.87. The van der Waals surface area contributed by atoms with Gasteiger partial charge in [-0.3, -0.25) is 9.59 Å². The van der Waals surface area contributed by atoms with Gasteiger partial charge in [-0.05, 0) is 31.9 Å². The van der Waals surface area contributed by atoms with Gasteiger partial charge in [0.1, 0.15) is 5.75 Å². The molecule has 0 saturated carbocycles. The van der Waals surface area contributed by atoms with Gasteiger partial charge in [-0.2, -0.15) is 0 Å². The lowest BCUT2D eigenvalue weighted by Crippen LogP contribution is -2.42. The highest BCUT2D eigenvalue weighted by molar-refractivity contribution is 5.97. The van der Waals surface area contributed by atoms with E-state index in [2.05, 4.69) is 0 Å². The van der Waals surface area contributed by atoms with Crippen molar-refractivity contribution in [3.8, 4) is 5.75 Å². The summed E-state index contributed by atoms with van der Waals surface area (Å²) in [6, 6.07) is 6.45. The molecule has 2 rings (SSSR count). The van der Waals surface area contributed by atoms with Crippen LogP contribution in [0, 0.1) is 5.92 Å². The van der Waals surface area contributed by atoms with Crippen LogP contribution >= 0.6 is 0 Å². The van der Waals surface area contributed by atoms with Crippen LogP contribution < -0.4 is 0 Å². The summed E-state index contributed by atoms with van der Waals surface area (Å²) in [5.74, 6) is -0.784. The number of carbonyl (C=O) groups excluding carboxylic acids is 2. The Bertz CT molecular complexity index is 500. The number of nitrogens with zero attached hydrogens (tertiary/aromatic N) is 1. The van der Waals surface area contributed by atoms with Crippen LogP contribution in [0.25, 0.3) is 0 Å². The molecule has 20 heavy (non-hydrogen) atoms. The molecule has 1 fully saturated rings. The lowest BCUT2D eigenvalue weighted by Gasteiger charge is -2.31. The van der Waals surface area contributed by atoms with Crippen LogP contribution in [0.3, 0.4) is 0 Å². The van der Waals surface area contributed by atoms with Gasteiger partial charge >= 0.3 is 5.97 Å². The predicted octanol–water partition coefficient (Wildman–Crippen LogP) is 1.81. The summed E-state index contributed by atoms with van der Waals surface area (Å²) >= 11 is 0. The summed E-state index contributed by atoms with van der Waals surface area (Å²) in [7, 11) is 0. The number of rotatable bonds is 3. The second kappa shape index (κ2) is 6.41. The number of carbonyl (C=O) groups is 2. The number of piperidine rings is 1. The summed E-state index contributed by atoms with van der Waals surface area (Å²) in [4.78, 5) is 25.7. The number of phenolic OH excluding ortho intramolecular Hbond substituents is 1. The number of likely N-dealkylation sites (tertiary alicyclic amines) is 1. The second-order valence-electron chi connectivity index (χ2n) is 4.86. The zero-order chi connectivity index (χ0) is 14.5. The Labute approximate surface area is 118 Å². The van der Waals surface area contributed by atoms with E-state index in [4.69, 9.17) is 4.74 Å². The van der Waals surface area contributed by atoms with Gasteiger partial charge in [0.15, 0.2) is 0 Å². The molecule has 1 N–H and O–H groups in total. The van der Waals surface area contributed by atoms with Gasteiger partial charge in [0.25, 0.3) is 5.91 Å². The highest BCUT2D eigenvalue weighted by atomic mass is 16.5. The van der Waals surface area contributed by atoms with Gasteiger partial charge in [0.05, 0.1) is 18.1 Å². The number of ether oxygens (including phenoxy) is 1. The van der Waals surface area contributed by atoms with Crippen LogP contribution in [0.1, 0.15) is 30.1 Å². The molecular weight excluding hydrogens is 258 g/mol. The molecule has 1 aromatic carbocycles. The van der Waals surface area contributed by atoms with Crippen molar-refractivity contribution in [2.45, 2.75) is 19.8 Å². The number of esters is 1. The molecule has 1 aromatic rings. The average Bonchev–Trinajstić information content (AvgIpc) is 2.47. The molecule has 1 saturated heterocycles. The molecule has 1 aliphatic heterocycles. The van der Waals surface area contributed by atoms with Crippen molar-refractivity contribution in [3.05, 3.63) is 29.8 Å². The zero-order valence-corrected chi connectivity index (χ0v) is 11.5. The highest BCUT2D eigenvalue weighted by Gasteiger charge is 2.30. The van der Waals surface area contributed by atoms with Gasteiger partial charge in [0.2, 0.25) is 0 Å². The monoisotopic (exact) mass is 277 g/mol. The Kier molecular flexibility index (Phi) is 4.61. The third kappa shape index (κ3) is 3.10. The lowest BCUT2D eigenvalue weighted by atomic mass is 9.97. The second-order valence-corrected chi connectivity index (χ2v) is 4.86. The van der Waals surface area contributed by atoms with Crippen LogP contribution in [0.4, 0.5) is 0 Å². The molecule has 5 nitrogen and oxygen atoms in total. The number of hydrogen-bond donors (Lipinski definition) is 1. The fraction of sp³-hybridized carbons (Fsp3) is 0.467. The number of phenols is 1. The maximum atomic E-state index is 12.4. The SMILES string of the molecule is CCOC(=O)[C@@H]1CCCN(C(=O)c2ccccc2O)C1. The fourth-order valence-corrected chi connectivity index (χ4v) is 2.44. The van der Waals surface area contributed by atoms with Gasteiger partial charge in [-0.25, -0.2) is 0 Å². The number of hydrogen-bond acceptors (Lipinski definition) is 4. The third-order valence-electron chi connectivity index (χ3n) is 3.46. The maximum absolute atomic E-state index is 12.4. The number of para-hydroxylation sites is 1. The summed E-state index contributed by atoms with van der Waals surface area (Å²) < 4.78 is 5.01. The molecule has 0 aliphatic carbocycles. The molecule has 0 aromatic heterocycles. The van der Waals surface area contributed by atoms with Crippen molar-refractivity contribution in [3.63, 3.8) is 0 Å². The topological polar surface area (TPSA) is 66.8 Å². The molecule has 108 valence electrons. The van der Waals surface area contributed by atoms with Gasteiger partial charge in [0, 0.05) is 13.1 Å². The summed E-state index contributed by atoms with van der Waals surface area (Å²) in [6.07, 6.45) is 1.51. The first-order chi connectivity index (χ1) is 9.63. The molecule has 1 aliphatic rings. The molecule has 0 radical (unpaired) electrons. The van der Waals surface area contributed by atoms with Crippen LogP contribution in [0.2, 0.25) is 0 Å². The summed E-state index contributed by atoms with van der Waals surface area (Å²) in [5.41, 5.74) is 0.275. The Hall–Kier alpha value is -2.04. The Morgan fingerprint density at radius 1 is 1.40 bits per heavy atom. The van der Waals surface area contributed by atoms with Crippen molar-refractivity contribution in [2.24, 2.45) is 5.92 Å². The number of amides is 1. The van der Waals surface area contributed by atoms with Gasteiger partial charge in [-0.1, -0.05) is 12.1 Å². The minimum absolute atomic E-state index is 0.0317. The minimum Gasteiger partial charge on any atom is -0.507 e. The Morgan fingerprint density at radius 3 is 2.85 bits per heavy atom. The van der Waals surface area contributed by atoms with Crippen molar-refractivity contribution in [1.82, 2.24) is 4.90 Å². The lowest BCUT2D eigenvalue weighted by molar-refractivity contribution is -0.149.